The van der Waals surface area contributed by atoms with Crippen molar-refractivity contribution in [1.82, 2.24) is 0 Å². The van der Waals surface area contributed by atoms with Gasteiger partial charge >= 0.3 is 0 Å². The number of aliphatic hydroxyl groups excluding tert-OH is 1. The van der Waals surface area contributed by atoms with E-state index in [9.17, 15) is 0 Å². The van der Waals surface area contributed by atoms with E-state index in [2.05, 4.69) is 0 Å². The summed E-state index contributed by atoms with van der Waals surface area (Å²) >= 11 is 6.84. The predicted octanol–water partition coefficient (Wildman–Crippen LogP) is 0.633. The summed E-state index contributed by atoms with van der Waals surface area (Å²) in [5.41, 5.74) is -1.04. The first-order valence-electron chi connectivity index (χ1n) is 2.36. The molecule has 0 aromatic rings. The zero-order valence-corrected chi connectivity index (χ0v) is 5.78. The molecule has 1 aliphatic heterocycles. The molecular formula is C4H7ClO2S. The maximum absolute atomic E-state index is 8.67. The Balaban J connectivity index is 2.24. The summed E-state index contributed by atoms with van der Waals surface area (Å²) in [6, 6.07) is 0. The number of hydrogen-bond acceptors (Lipinski definition) is 3. The molecule has 0 aromatic carbocycles. The zero-order chi connectivity index (χ0) is 5.98. The molecule has 1 rings (SSSR count). The van der Waals surface area contributed by atoms with E-state index in [4.69, 9.17) is 21.4 Å². The van der Waals surface area contributed by atoms with Crippen LogP contribution < -0.4 is 0 Å². The van der Waals surface area contributed by atoms with Gasteiger partial charge in [-0.05, 0) is 0 Å². The van der Waals surface area contributed by atoms with Crippen LogP contribution in [0, 0.1) is 0 Å². The van der Waals surface area contributed by atoms with Crippen LogP contribution in [0.4, 0.5) is 0 Å². The Labute approximate surface area is 57.2 Å². The molecule has 48 valence electrons. The monoisotopic (exact) mass is 154 g/mol. The number of rotatable bonds is 1. The van der Waals surface area contributed by atoms with Crippen molar-refractivity contribution in [3.8, 4) is 0 Å². The Morgan fingerprint density at radius 2 is 2.62 bits per heavy atom. The maximum atomic E-state index is 8.67. The Hall–Kier alpha value is 0.560. The van der Waals surface area contributed by atoms with Gasteiger partial charge in [-0.1, -0.05) is 11.6 Å². The number of hydrogen-bond donors (Lipinski definition) is 1. The van der Waals surface area contributed by atoms with Gasteiger partial charge in [0, 0.05) is 5.75 Å². The lowest BCUT2D eigenvalue weighted by molar-refractivity contribution is 0.0718. The average Bonchev–Trinajstić information content (AvgIpc) is 2.12. The molecule has 1 aliphatic rings. The second kappa shape index (κ2) is 2.92. The highest BCUT2D eigenvalue weighted by molar-refractivity contribution is 8.00. The van der Waals surface area contributed by atoms with Crippen molar-refractivity contribution in [3.05, 3.63) is 0 Å². The van der Waals surface area contributed by atoms with Gasteiger partial charge in [-0.3, -0.25) is 0 Å². The highest BCUT2D eigenvalue weighted by atomic mass is 35.5. The molecule has 1 fully saturated rings. The fraction of sp³-hybridized carbons (Fsp3) is 1.00. The Morgan fingerprint density at radius 1 is 1.88 bits per heavy atom. The number of ether oxygens (including phenoxy) is 1. The number of halogens is 1. The smallest absolute Gasteiger partial charge is 0.163 e. The van der Waals surface area contributed by atoms with Gasteiger partial charge in [0.15, 0.2) is 5.56 Å². The van der Waals surface area contributed by atoms with E-state index in [1.807, 2.05) is 0 Å². The normalized spacial score (nSPS) is 33.0. The molecule has 1 saturated heterocycles. The van der Waals surface area contributed by atoms with Crippen LogP contribution in [0.5, 0.6) is 0 Å². The van der Waals surface area contributed by atoms with Crippen LogP contribution >= 0.6 is 23.4 Å². The average molecular weight is 155 g/mol. The fourth-order valence-corrected chi connectivity index (χ4v) is 1.60. The molecule has 8 heavy (non-hydrogen) atoms. The summed E-state index contributed by atoms with van der Waals surface area (Å²) in [4.78, 5) is 0. The zero-order valence-electron chi connectivity index (χ0n) is 4.21. The first-order chi connectivity index (χ1) is 3.80. The lowest BCUT2D eigenvalue weighted by Gasteiger charge is -2.07. The van der Waals surface area contributed by atoms with Crippen molar-refractivity contribution >= 4 is 23.4 Å². The minimum absolute atomic E-state index is 0.198. The second-order valence-electron chi connectivity index (χ2n) is 1.48. The summed E-state index contributed by atoms with van der Waals surface area (Å²) < 4.78 is 5.00. The molecule has 0 saturated carbocycles. The van der Waals surface area contributed by atoms with Crippen LogP contribution in [0.3, 0.4) is 0 Å². The third-order valence-corrected chi connectivity index (χ3v) is 2.38. The molecule has 0 spiro atoms. The highest BCUT2D eigenvalue weighted by Gasteiger charge is 2.22. The van der Waals surface area contributed by atoms with E-state index in [1.54, 1.807) is 11.8 Å². The van der Waals surface area contributed by atoms with E-state index >= 15 is 0 Å². The molecular weight excluding hydrogens is 148 g/mol. The van der Waals surface area contributed by atoms with Crippen molar-refractivity contribution in [3.63, 3.8) is 0 Å². The Bertz CT molecular complexity index is 72.4. The van der Waals surface area contributed by atoms with Crippen molar-refractivity contribution in [2.45, 2.75) is 11.0 Å². The van der Waals surface area contributed by atoms with Crippen LogP contribution in [0.25, 0.3) is 0 Å². The van der Waals surface area contributed by atoms with Crippen LogP contribution in [0.1, 0.15) is 0 Å². The molecule has 0 radical (unpaired) electrons. The van der Waals surface area contributed by atoms with Crippen LogP contribution in [-0.2, 0) is 4.74 Å². The quantitative estimate of drug-likeness (QED) is 0.562. The number of thioether (sulfide) groups is 1. The molecule has 0 amide bonds. The molecule has 0 bridgehead atoms. The fourth-order valence-electron chi connectivity index (χ4n) is 0.535. The van der Waals surface area contributed by atoms with Gasteiger partial charge in [0.05, 0.1) is 6.61 Å². The SMILES string of the molecule is OC(Cl)C1OCCS1. The van der Waals surface area contributed by atoms with E-state index < -0.39 is 5.56 Å². The molecule has 1 N–H and O–H groups in total. The molecule has 1 heterocycles. The summed E-state index contributed by atoms with van der Waals surface area (Å²) in [7, 11) is 0. The molecule has 0 aromatic heterocycles. The molecule has 2 nitrogen and oxygen atoms in total. The van der Waals surface area contributed by atoms with Crippen molar-refractivity contribution in [2.24, 2.45) is 0 Å². The van der Waals surface area contributed by atoms with E-state index in [0.717, 1.165) is 5.75 Å². The summed E-state index contributed by atoms with van der Waals surface area (Å²) in [5.74, 6) is 0.939. The molecule has 0 aliphatic carbocycles. The molecule has 4 heteroatoms. The second-order valence-corrected chi connectivity index (χ2v) is 3.14. The maximum Gasteiger partial charge on any atom is 0.163 e. The lowest BCUT2D eigenvalue weighted by Crippen LogP contribution is -2.15. The first kappa shape index (κ1) is 6.68. The van der Waals surface area contributed by atoms with Crippen molar-refractivity contribution < 1.29 is 9.84 Å². The standard InChI is InChI=1S/C4H7ClO2S/c5-3(6)4-7-1-2-8-4/h3-4,6H,1-2H2. The highest BCUT2D eigenvalue weighted by Crippen LogP contribution is 2.23. The minimum Gasteiger partial charge on any atom is -0.374 e. The molecule has 2 atom stereocenters. The summed E-state index contributed by atoms with van der Waals surface area (Å²) in [6.45, 7) is 0.707. The van der Waals surface area contributed by atoms with Gasteiger partial charge in [-0.2, -0.15) is 0 Å². The van der Waals surface area contributed by atoms with Crippen molar-refractivity contribution in [2.75, 3.05) is 12.4 Å². The third-order valence-electron chi connectivity index (χ3n) is 0.872. The van der Waals surface area contributed by atoms with Gasteiger partial charge in [-0.25, -0.2) is 0 Å². The van der Waals surface area contributed by atoms with Crippen LogP contribution in [0.15, 0.2) is 0 Å². The van der Waals surface area contributed by atoms with Crippen LogP contribution in [-0.4, -0.2) is 28.5 Å². The van der Waals surface area contributed by atoms with Crippen molar-refractivity contribution in [1.29, 1.82) is 0 Å². The van der Waals surface area contributed by atoms with Gasteiger partial charge in [-0.15, -0.1) is 11.8 Å². The van der Waals surface area contributed by atoms with E-state index in [1.165, 1.54) is 0 Å². The molecule has 2 unspecified atom stereocenters. The Morgan fingerprint density at radius 3 is 2.88 bits per heavy atom. The third kappa shape index (κ3) is 1.52. The Kier molecular flexibility index (Phi) is 2.43. The van der Waals surface area contributed by atoms with Gasteiger partial charge in [0.25, 0.3) is 0 Å². The largest absolute Gasteiger partial charge is 0.374 e. The minimum atomic E-state index is -0.845. The summed E-state index contributed by atoms with van der Waals surface area (Å²) in [6.07, 6.45) is 0. The van der Waals surface area contributed by atoms with Gasteiger partial charge < -0.3 is 9.84 Å². The van der Waals surface area contributed by atoms with Gasteiger partial charge in [0.1, 0.15) is 5.44 Å². The summed E-state index contributed by atoms with van der Waals surface area (Å²) in [5, 5.41) is 8.67. The van der Waals surface area contributed by atoms with E-state index in [0.29, 0.717) is 6.61 Å². The van der Waals surface area contributed by atoms with Gasteiger partial charge in [0.2, 0.25) is 0 Å². The van der Waals surface area contributed by atoms with E-state index in [-0.39, 0.29) is 5.44 Å². The number of aliphatic hydroxyl groups is 1. The van der Waals surface area contributed by atoms with Crippen LogP contribution in [0.2, 0.25) is 0 Å². The predicted molar refractivity (Wildman–Crippen MR) is 34.1 cm³/mol. The number of alkyl halides is 1. The lowest BCUT2D eigenvalue weighted by atomic mass is 10.7. The topological polar surface area (TPSA) is 29.5 Å². The first-order valence-corrected chi connectivity index (χ1v) is 3.84.